The van der Waals surface area contributed by atoms with Crippen molar-refractivity contribution in [1.82, 2.24) is 5.32 Å². The van der Waals surface area contributed by atoms with Gasteiger partial charge in [-0.2, -0.15) is 0 Å². The van der Waals surface area contributed by atoms with E-state index in [1.54, 1.807) is 12.1 Å². The number of nitrogens with one attached hydrogen (secondary N) is 1. The van der Waals surface area contributed by atoms with Gasteiger partial charge in [-0.1, -0.05) is 29.8 Å². The van der Waals surface area contributed by atoms with Crippen LogP contribution in [0.4, 0.5) is 4.39 Å². The smallest absolute Gasteiger partial charge is 0.330 e. The number of hydrogen-bond acceptors (Lipinski definition) is 3. The average molecular weight is 378 g/mol. The number of halogens is 2. The lowest BCUT2D eigenvalue weighted by molar-refractivity contribution is -0.142. The lowest BCUT2D eigenvalue weighted by Crippen LogP contribution is -2.35. The minimum atomic E-state index is -1.33. The Labute approximate surface area is 154 Å². The van der Waals surface area contributed by atoms with Crippen LogP contribution in [0.3, 0.4) is 0 Å². The number of ether oxygens (including phenoxy) is 1. The zero-order valence-corrected chi connectivity index (χ0v) is 14.7. The molecule has 5 nitrogen and oxygen atoms in total. The van der Waals surface area contributed by atoms with Gasteiger partial charge in [0.05, 0.1) is 7.11 Å². The normalized spacial score (nSPS) is 19.5. The van der Waals surface area contributed by atoms with E-state index in [-0.39, 0.29) is 29.1 Å². The van der Waals surface area contributed by atoms with Gasteiger partial charge in [0.15, 0.2) is 17.6 Å². The van der Waals surface area contributed by atoms with Gasteiger partial charge in [0.25, 0.3) is 0 Å². The van der Waals surface area contributed by atoms with E-state index in [1.165, 1.54) is 19.2 Å². The first-order valence-electron chi connectivity index (χ1n) is 8.02. The predicted octanol–water partition coefficient (Wildman–Crippen LogP) is 3.53. The van der Waals surface area contributed by atoms with Crippen molar-refractivity contribution in [2.75, 3.05) is 7.11 Å². The van der Waals surface area contributed by atoms with Gasteiger partial charge in [-0.25, -0.2) is 9.18 Å². The summed E-state index contributed by atoms with van der Waals surface area (Å²) in [6.07, 6.45) is 0.621. The fourth-order valence-electron chi connectivity index (χ4n) is 2.99. The van der Waals surface area contributed by atoms with E-state index in [0.29, 0.717) is 11.4 Å². The summed E-state index contributed by atoms with van der Waals surface area (Å²) < 4.78 is 18.7. The summed E-state index contributed by atoms with van der Waals surface area (Å²) in [5.41, 5.74) is 1.09. The van der Waals surface area contributed by atoms with E-state index in [2.05, 4.69) is 5.32 Å². The van der Waals surface area contributed by atoms with Crippen LogP contribution in [0.15, 0.2) is 42.5 Å². The molecule has 7 heteroatoms. The molecule has 136 valence electrons. The maximum Gasteiger partial charge on any atom is 0.330 e. The van der Waals surface area contributed by atoms with E-state index in [4.69, 9.17) is 16.3 Å². The molecule has 1 saturated carbocycles. The molecule has 1 amide bonds. The van der Waals surface area contributed by atoms with Crippen LogP contribution in [-0.2, 0) is 9.59 Å². The van der Waals surface area contributed by atoms with Crippen molar-refractivity contribution in [3.63, 3.8) is 0 Å². The van der Waals surface area contributed by atoms with Crippen LogP contribution < -0.4 is 10.1 Å². The summed E-state index contributed by atoms with van der Waals surface area (Å²) in [4.78, 5) is 24.0. The number of hydrogen-bond donors (Lipinski definition) is 2. The first-order chi connectivity index (χ1) is 12.4. The maximum atomic E-state index is 13.9. The number of methoxy groups -OCH3 is 1. The van der Waals surface area contributed by atoms with Gasteiger partial charge in [0, 0.05) is 10.9 Å². The van der Waals surface area contributed by atoms with Gasteiger partial charge in [-0.3, -0.25) is 4.79 Å². The molecule has 3 atom stereocenters. The standard InChI is InChI=1S/C19H17ClFNO4/c1-26-16-6-5-11(8-15(16)21)17(19(24)25)22-18(23)14-9-13(14)10-3-2-4-12(20)7-10/h2-8,13-14,17H,9H2,1H3,(H,22,23)(H,24,25). The molecule has 2 aromatic carbocycles. The molecule has 3 rings (SSSR count). The van der Waals surface area contributed by atoms with E-state index in [9.17, 15) is 19.1 Å². The number of benzene rings is 2. The molecule has 2 N–H and O–H groups in total. The molecule has 2 aromatic rings. The van der Waals surface area contributed by atoms with Gasteiger partial charge in [0.1, 0.15) is 0 Å². The number of rotatable bonds is 6. The summed E-state index contributed by atoms with van der Waals surface area (Å²) in [5.74, 6) is -2.63. The molecule has 26 heavy (non-hydrogen) atoms. The van der Waals surface area contributed by atoms with Crippen LogP contribution in [0.5, 0.6) is 5.75 Å². The zero-order chi connectivity index (χ0) is 18.8. The van der Waals surface area contributed by atoms with Gasteiger partial charge in [-0.05, 0) is 47.7 Å². The molecule has 0 heterocycles. The summed E-state index contributed by atoms with van der Waals surface area (Å²) >= 11 is 5.97. The van der Waals surface area contributed by atoms with Crippen molar-refractivity contribution in [3.05, 3.63) is 64.4 Å². The van der Waals surface area contributed by atoms with Crippen LogP contribution in [0.2, 0.25) is 5.02 Å². The van der Waals surface area contributed by atoms with Gasteiger partial charge in [0.2, 0.25) is 5.91 Å². The fraction of sp³-hybridized carbons (Fsp3) is 0.263. The Balaban J connectivity index is 1.72. The first kappa shape index (κ1) is 18.2. The lowest BCUT2D eigenvalue weighted by atomic mass is 10.1. The Morgan fingerprint density at radius 1 is 1.31 bits per heavy atom. The Kier molecular flexibility index (Phi) is 5.13. The quantitative estimate of drug-likeness (QED) is 0.807. The van der Waals surface area contributed by atoms with Crippen molar-refractivity contribution in [1.29, 1.82) is 0 Å². The van der Waals surface area contributed by atoms with Crippen LogP contribution >= 0.6 is 11.6 Å². The van der Waals surface area contributed by atoms with E-state index < -0.39 is 17.8 Å². The molecular weight excluding hydrogens is 361 g/mol. The molecule has 0 aromatic heterocycles. The number of carboxylic acids is 1. The Morgan fingerprint density at radius 2 is 2.08 bits per heavy atom. The van der Waals surface area contributed by atoms with Gasteiger partial charge >= 0.3 is 5.97 Å². The van der Waals surface area contributed by atoms with E-state index in [1.807, 2.05) is 12.1 Å². The molecule has 0 aliphatic heterocycles. The third-order valence-corrected chi connectivity index (χ3v) is 4.68. The minimum Gasteiger partial charge on any atom is -0.494 e. The third-order valence-electron chi connectivity index (χ3n) is 4.45. The number of carbonyl (C=O) groups is 2. The highest BCUT2D eigenvalue weighted by Crippen LogP contribution is 2.48. The zero-order valence-electron chi connectivity index (χ0n) is 13.9. The summed E-state index contributed by atoms with van der Waals surface area (Å²) in [6.45, 7) is 0. The predicted molar refractivity (Wildman–Crippen MR) is 93.8 cm³/mol. The van der Waals surface area contributed by atoms with Gasteiger partial charge < -0.3 is 15.2 Å². The number of amides is 1. The molecule has 1 aliphatic carbocycles. The van der Waals surface area contributed by atoms with Crippen molar-refractivity contribution in [3.8, 4) is 5.75 Å². The highest BCUT2D eigenvalue weighted by Gasteiger charge is 2.45. The van der Waals surface area contributed by atoms with Crippen molar-refractivity contribution in [2.24, 2.45) is 5.92 Å². The first-order valence-corrected chi connectivity index (χ1v) is 8.40. The highest BCUT2D eigenvalue weighted by molar-refractivity contribution is 6.30. The van der Waals surface area contributed by atoms with Crippen LogP contribution in [0.1, 0.15) is 29.5 Å². The second-order valence-corrected chi connectivity index (χ2v) is 6.61. The van der Waals surface area contributed by atoms with Crippen LogP contribution in [-0.4, -0.2) is 24.1 Å². The monoisotopic (exact) mass is 377 g/mol. The van der Waals surface area contributed by atoms with Crippen molar-refractivity contribution in [2.45, 2.75) is 18.4 Å². The molecule has 0 saturated heterocycles. The minimum absolute atomic E-state index is 0.00688. The molecule has 0 spiro atoms. The Hall–Kier alpha value is -2.60. The Bertz CT molecular complexity index is 857. The topological polar surface area (TPSA) is 75.6 Å². The van der Waals surface area contributed by atoms with Gasteiger partial charge in [-0.15, -0.1) is 0 Å². The SMILES string of the molecule is COc1ccc(C(NC(=O)C2CC2c2cccc(Cl)c2)C(=O)O)cc1F. The average Bonchev–Trinajstić information content (AvgIpc) is 3.40. The maximum absolute atomic E-state index is 13.9. The lowest BCUT2D eigenvalue weighted by Gasteiger charge is -2.16. The fourth-order valence-corrected chi connectivity index (χ4v) is 3.19. The molecule has 0 radical (unpaired) electrons. The summed E-state index contributed by atoms with van der Waals surface area (Å²) in [7, 11) is 1.32. The van der Waals surface area contributed by atoms with Crippen molar-refractivity contribution >= 4 is 23.5 Å². The molecular formula is C19H17ClFNO4. The number of aliphatic carboxylic acids is 1. The van der Waals surface area contributed by atoms with E-state index in [0.717, 1.165) is 11.6 Å². The summed E-state index contributed by atoms with van der Waals surface area (Å²) in [5, 5.41) is 12.5. The number of carbonyl (C=O) groups excluding carboxylic acids is 1. The second-order valence-electron chi connectivity index (χ2n) is 6.18. The Morgan fingerprint density at radius 3 is 2.69 bits per heavy atom. The molecule has 0 bridgehead atoms. The second kappa shape index (κ2) is 7.33. The van der Waals surface area contributed by atoms with Crippen LogP contribution in [0.25, 0.3) is 0 Å². The molecule has 1 aliphatic rings. The summed E-state index contributed by atoms with van der Waals surface area (Å²) in [6, 6.07) is 9.72. The highest BCUT2D eigenvalue weighted by atomic mass is 35.5. The third kappa shape index (κ3) is 3.80. The van der Waals surface area contributed by atoms with Crippen molar-refractivity contribution < 1.29 is 23.8 Å². The molecule has 1 fully saturated rings. The van der Waals surface area contributed by atoms with E-state index >= 15 is 0 Å². The molecule has 3 unspecified atom stereocenters. The largest absolute Gasteiger partial charge is 0.494 e. The van der Waals surface area contributed by atoms with Crippen LogP contribution in [0, 0.1) is 11.7 Å². The number of carboxylic acid groups (broad SMARTS) is 1.